The van der Waals surface area contributed by atoms with E-state index in [1.165, 1.54) is 51.4 Å². The molecule has 5 saturated carbocycles. The number of rotatable bonds is 5. The van der Waals surface area contributed by atoms with Crippen LogP contribution >= 0.6 is 0 Å². The molecule has 5 rings (SSSR count). The van der Waals surface area contributed by atoms with Crippen molar-refractivity contribution in [1.82, 2.24) is 0 Å². The van der Waals surface area contributed by atoms with Crippen molar-refractivity contribution >= 4 is 0 Å². The molecule has 3 N–H and O–H groups in total. The third kappa shape index (κ3) is 3.03. The number of hydrogen-bond acceptors (Lipinski definition) is 3. The van der Waals surface area contributed by atoms with Gasteiger partial charge in [-0.25, -0.2) is 0 Å². The van der Waals surface area contributed by atoms with Gasteiger partial charge in [-0.05, 0) is 135 Å². The van der Waals surface area contributed by atoms with Crippen LogP contribution in [0.15, 0.2) is 0 Å². The van der Waals surface area contributed by atoms with Gasteiger partial charge >= 0.3 is 0 Å². The second-order valence-corrected chi connectivity index (χ2v) is 15.3. The van der Waals surface area contributed by atoms with Crippen LogP contribution in [0.3, 0.4) is 0 Å². The Labute approximate surface area is 203 Å². The fourth-order valence-corrected chi connectivity index (χ4v) is 11.3. The standard InChI is InChI=1S/C30H52O3/c1-19(8-11-24(32)26(4,5)33)20-12-14-28(7)22-10-9-21-25(2,3)23(31)13-15-29(21)18-30(22,29)17-16-27(20,28)6/h19-24,31-33H,8-18H2,1-7H3/t19-,20-,21+,22+,23+,24+,27-,28+,29-,30+/m1/s1. The summed E-state index contributed by atoms with van der Waals surface area (Å²) in [6.07, 6.45) is 12.8. The highest BCUT2D eigenvalue weighted by molar-refractivity contribution is 5.30. The molecule has 0 bridgehead atoms. The molecule has 5 fully saturated rings. The number of hydrogen-bond donors (Lipinski definition) is 3. The molecule has 2 spiro atoms. The Bertz CT molecular complexity index is 784. The highest BCUT2D eigenvalue weighted by atomic mass is 16.3. The van der Waals surface area contributed by atoms with E-state index in [2.05, 4.69) is 34.6 Å². The lowest BCUT2D eigenvalue weighted by molar-refractivity contribution is -0.161. The summed E-state index contributed by atoms with van der Waals surface area (Å²) in [7, 11) is 0. The predicted octanol–water partition coefficient (Wildman–Crippen LogP) is 6.33. The minimum absolute atomic E-state index is 0.0718. The van der Waals surface area contributed by atoms with Crippen LogP contribution in [0.2, 0.25) is 0 Å². The predicted molar refractivity (Wildman–Crippen MR) is 134 cm³/mol. The van der Waals surface area contributed by atoms with Gasteiger partial charge in [0.2, 0.25) is 0 Å². The van der Waals surface area contributed by atoms with Gasteiger partial charge in [0.1, 0.15) is 0 Å². The van der Waals surface area contributed by atoms with E-state index in [1.54, 1.807) is 13.8 Å². The molecule has 5 aliphatic carbocycles. The second-order valence-electron chi connectivity index (χ2n) is 15.3. The molecule has 0 aliphatic heterocycles. The first kappa shape index (κ1) is 24.6. The zero-order chi connectivity index (χ0) is 24.2. The van der Waals surface area contributed by atoms with Crippen LogP contribution in [0, 0.1) is 50.7 Å². The van der Waals surface area contributed by atoms with E-state index in [1.807, 2.05) is 0 Å². The van der Waals surface area contributed by atoms with Gasteiger partial charge in [-0.1, -0.05) is 34.6 Å². The Morgan fingerprint density at radius 1 is 0.818 bits per heavy atom. The molecule has 0 aromatic carbocycles. The Morgan fingerprint density at radius 3 is 2.12 bits per heavy atom. The summed E-state index contributed by atoms with van der Waals surface area (Å²) in [6, 6.07) is 0. The topological polar surface area (TPSA) is 60.7 Å². The first-order chi connectivity index (χ1) is 15.2. The molecule has 5 aliphatic rings. The number of fused-ring (bicyclic) bond motifs is 2. The first-order valence-electron chi connectivity index (χ1n) is 14.2. The van der Waals surface area contributed by atoms with Crippen molar-refractivity contribution < 1.29 is 15.3 Å². The van der Waals surface area contributed by atoms with Crippen molar-refractivity contribution in [3.63, 3.8) is 0 Å². The van der Waals surface area contributed by atoms with E-state index in [9.17, 15) is 15.3 Å². The van der Waals surface area contributed by atoms with E-state index >= 15 is 0 Å². The summed E-state index contributed by atoms with van der Waals surface area (Å²) in [4.78, 5) is 0. The van der Waals surface area contributed by atoms with E-state index in [0.717, 1.165) is 24.7 Å². The minimum atomic E-state index is -1.01. The quantitative estimate of drug-likeness (QED) is 0.449. The maximum atomic E-state index is 10.8. The molecule has 0 aromatic rings. The van der Waals surface area contributed by atoms with E-state index < -0.39 is 11.7 Å². The van der Waals surface area contributed by atoms with Gasteiger partial charge in [-0.15, -0.1) is 0 Å². The molecule has 3 heteroatoms. The molecular formula is C30H52O3. The van der Waals surface area contributed by atoms with Crippen LogP contribution < -0.4 is 0 Å². The van der Waals surface area contributed by atoms with Crippen LogP contribution in [-0.4, -0.2) is 33.1 Å². The second kappa shape index (κ2) is 7.22. The van der Waals surface area contributed by atoms with Crippen LogP contribution in [0.5, 0.6) is 0 Å². The summed E-state index contributed by atoms with van der Waals surface area (Å²) < 4.78 is 0. The largest absolute Gasteiger partial charge is 0.393 e. The Balaban J connectivity index is 1.37. The summed E-state index contributed by atoms with van der Waals surface area (Å²) in [5.41, 5.74) is 0.949. The van der Waals surface area contributed by atoms with Gasteiger partial charge in [-0.2, -0.15) is 0 Å². The van der Waals surface area contributed by atoms with E-state index in [-0.39, 0.29) is 11.5 Å². The third-order valence-corrected chi connectivity index (χ3v) is 13.6. The average molecular weight is 461 g/mol. The highest BCUT2D eigenvalue weighted by Crippen LogP contribution is 2.89. The summed E-state index contributed by atoms with van der Waals surface area (Å²) in [6.45, 7) is 15.9. The van der Waals surface area contributed by atoms with Crippen molar-refractivity contribution in [2.24, 2.45) is 50.7 Å². The van der Waals surface area contributed by atoms with Gasteiger partial charge in [0.25, 0.3) is 0 Å². The molecule has 10 atom stereocenters. The SMILES string of the molecule is C[C@H](CC[C@H](O)C(C)(C)O)[C@H]1CC[C@@]2(C)[C@@H]3CC[C@H]4C(C)(C)[C@@H](O)CC[C@@]45C[C@@]35CC[C@]12C. The van der Waals surface area contributed by atoms with Gasteiger partial charge in [0.15, 0.2) is 0 Å². The maximum Gasteiger partial charge on any atom is 0.0849 e. The van der Waals surface area contributed by atoms with Gasteiger partial charge < -0.3 is 15.3 Å². The Kier molecular flexibility index (Phi) is 5.38. The summed E-state index contributed by atoms with van der Waals surface area (Å²) >= 11 is 0. The summed E-state index contributed by atoms with van der Waals surface area (Å²) in [5.74, 6) is 2.88. The van der Waals surface area contributed by atoms with Gasteiger partial charge in [-0.3, -0.25) is 0 Å². The van der Waals surface area contributed by atoms with Crippen molar-refractivity contribution in [2.75, 3.05) is 0 Å². The minimum Gasteiger partial charge on any atom is -0.393 e. The van der Waals surface area contributed by atoms with E-state index in [0.29, 0.717) is 39.9 Å². The molecule has 0 amide bonds. The molecule has 33 heavy (non-hydrogen) atoms. The highest BCUT2D eigenvalue weighted by Gasteiger charge is 2.82. The van der Waals surface area contributed by atoms with Crippen LogP contribution in [0.1, 0.15) is 119 Å². The number of aliphatic hydroxyl groups is 3. The maximum absolute atomic E-state index is 10.8. The van der Waals surface area contributed by atoms with Crippen molar-refractivity contribution in [3.05, 3.63) is 0 Å². The van der Waals surface area contributed by atoms with Gasteiger partial charge in [0, 0.05) is 0 Å². The molecule has 0 heterocycles. The molecule has 0 saturated heterocycles. The lowest BCUT2D eigenvalue weighted by Crippen LogP contribution is -2.57. The Morgan fingerprint density at radius 2 is 1.45 bits per heavy atom. The first-order valence-corrected chi connectivity index (χ1v) is 14.2. The molecule has 0 radical (unpaired) electrons. The molecule has 3 nitrogen and oxygen atoms in total. The monoisotopic (exact) mass is 460 g/mol. The van der Waals surface area contributed by atoms with Gasteiger partial charge in [0.05, 0.1) is 17.8 Å². The van der Waals surface area contributed by atoms with Crippen molar-refractivity contribution in [2.45, 2.75) is 137 Å². The van der Waals surface area contributed by atoms with Crippen molar-refractivity contribution in [3.8, 4) is 0 Å². The third-order valence-electron chi connectivity index (χ3n) is 13.6. The van der Waals surface area contributed by atoms with E-state index in [4.69, 9.17) is 0 Å². The van der Waals surface area contributed by atoms with Crippen molar-refractivity contribution in [1.29, 1.82) is 0 Å². The molecule has 190 valence electrons. The fourth-order valence-electron chi connectivity index (χ4n) is 11.3. The lowest BCUT2D eigenvalue weighted by Gasteiger charge is -2.63. The smallest absolute Gasteiger partial charge is 0.0849 e. The molecular weight excluding hydrogens is 408 g/mol. The zero-order valence-corrected chi connectivity index (χ0v) is 22.6. The Hall–Kier alpha value is -0.120. The number of aliphatic hydroxyl groups excluding tert-OH is 2. The fraction of sp³-hybridized carbons (Fsp3) is 1.00. The molecule has 0 unspecified atom stereocenters. The van der Waals surface area contributed by atoms with Crippen LogP contribution in [-0.2, 0) is 0 Å². The summed E-state index contributed by atoms with van der Waals surface area (Å²) in [5, 5.41) is 31.5. The molecule has 0 aromatic heterocycles. The van der Waals surface area contributed by atoms with Crippen LogP contribution in [0.25, 0.3) is 0 Å². The van der Waals surface area contributed by atoms with Crippen LogP contribution in [0.4, 0.5) is 0 Å². The normalized spacial score (nSPS) is 52.2. The zero-order valence-electron chi connectivity index (χ0n) is 22.6. The lowest BCUT2D eigenvalue weighted by atomic mass is 9.41. The average Bonchev–Trinajstić information content (AvgIpc) is 3.31.